The van der Waals surface area contributed by atoms with E-state index in [0.717, 1.165) is 24.0 Å². The number of nitrogens with zero attached hydrogens (tertiary/aromatic N) is 1. The second kappa shape index (κ2) is 8.14. The molecule has 1 saturated heterocycles. The molecule has 1 amide bonds. The summed E-state index contributed by atoms with van der Waals surface area (Å²) >= 11 is 0. The molecule has 0 saturated carbocycles. The van der Waals surface area contributed by atoms with Gasteiger partial charge in [0, 0.05) is 13.2 Å². The Hall–Kier alpha value is -2.67. The van der Waals surface area contributed by atoms with Crippen molar-refractivity contribution in [3.05, 3.63) is 53.2 Å². The third-order valence-corrected chi connectivity index (χ3v) is 4.45. The number of hydrogen-bond acceptors (Lipinski definition) is 5. The van der Waals surface area contributed by atoms with Gasteiger partial charge in [-0.3, -0.25) is 9.59 Å². The van der Waals surface area contributed by atoms with Gasteiger partial charge >= 0.3 is 5.97 Å². The number of aryl methyl sites for hydroxylation is 1. The molecule has 1 aromatic carbocycles. The number of aliphatic carboxylic acids is 1. The Kier molecular flexibility index (Phi) is 5.68. The van der Waals surface area contributed by atoms with Crippen LogP contribution >= 0.6 is 0 Å². The first-order valence-corrected chi connectivity index (χ1v) is 8.66. The van der Waals surface area contributed by atoms with Crippen LogP contribution in [0.1, 0.15) is 46.3 Å². The van der Waals surface area contributed by atoms with Crippen LogP contribution in [0.3, 0.4) is 0 Å². The molecule has 2 atom stereocenters. The van der Waals surface area contributed by atoms with Gasteiger partial charge in [-0.2, -0.15) is 0 Å². The van der Waals surface area contributed by atoms with Gasteiger partial charge in [-0.05, 0) is 31.7 Å². The zero-order chi connectivity index (χ0) is 18.5. The summed E-state index contributed by atoms with van der Waals surface area (Å²) in [6.07, 6.45) is 2.98. The zero-order valence-electron chi connectivity index (χ0n) is 14.6. The van der Waals surface area contributed by atoms with Crippen LogP contribution in [-0.4, -0.2) is 35.1 Å². The fraction of sp³-hybridized carbons (Fsp3) is 0.421. The third-order valence-electron chi connectivity index (χ3n) is 4.45. The predicted octanol–water partition coefficient (Wildman–Crippen LogP) is 2.51. The van der Waals surface area contributed by atoms with Gasteiger partial charge in [0.15, 0.2) is 17.8 Å². The Bertz CT molecular complexity index is 780. The summed E-state index contributed by atoms with van der Waals surface area (Å²) in [6.45, 7) is 2.60. The topological polar surface area (TPSA) is 102 Å². The SMILES string of the molecule is Cc1cccc(C[C@H](CNC(=O)c2ncoc2[C@H]2CCCO2)C(=O)O)c1. The number of carbonyl (C=O) groups excluding carboxylic acids is 1. The standard InChI is InChI=1S/C19H22N2O5/c1-12-4-2-5-13(8-12)9-14(19(23)24)10-20-18(22)16-17(26-11-21-16)15-6-3-7-25-15/h2,4-5,8,11,14-15H,3,6-7,9-10H2,1H3,(H,20,22)(H,23,24)/t14-,15-/m1/s1. The second-order valence-electron chi connectivity index (χ2n) is 6.51. The number of amides is 1. The van der Waals surface area contributed by atoms with Crippen LogP contribution in [-0.2, 0) is 16.0 Å². The van der Waals surface area contributed by atoms with Crippen molar-refractivity contribution in [3.8, 4) is 0 Å². The van der Waals surface area contributed by atoms with E-state index in [1.54, 1.807) is 0 Å². The van der Waals surface area contributed by atoms with Crippen LogP contribution in [0.5, 0.6) is 0 Å². The fourth-order valence-electron chi connectivity index (χ4n) is 3.11. The number of rotatable bonds is 7. The van der Waals surface area contributed by atoms with E-state index in [-0.39, 0.29) is 18.3 Å². The molecule has 2 aromatic rings. The molecule has 138 valence electrons. The van der Waals surface area contributed by atoms with E-state index in [0.29, 0.717) is 18.8 Å². The van der Waals surface area contributed by atoms with Gasteiger partial charge in [-0.25, -0.2) is 4.98 Å². The number of nitrogens with one attached hydrogen (secondary N) is 1. The summed E-state index contributed by atoms with van der Waals surface area (Å²) in [6, 6.07) is 7.69. The summed E-state index contributed by atoms with van der Waals surface area (Å²) in [7, 11) is 0. The molecule has 2 heterocycles. The van der Waals surface area contributed by atoms with E-state index >= 15 is 0 Å². The minimum Gasteiger partial charge on any atom is -0.481 e. The molecular formula is C19H22N2O5. The van der Waals surface area contributed by atoms with E-state index < -0.39 is 17.8 Å². The highest BCUT2D eigenvalue weighted by Crippen LogP contribution is 2.30. The number of ether oxygens (including phenoxy) is 1. The molecule has 1 aromatic heterocycles. The number of carboxylic acids is 1. The Morgan fingerprint density at radius 2 is 2.27 bits per heavy atom. The van der Waals surface area contributed by atoms with Gasteiger partial charge < -0.3 is 19.6 Å². The van der Waals surface area contributed by atoms with Crippen molar-refractivity contribution in [1.29, 1.82) is 0 Å². The minimum atomic E-state index is -0.952. The van der Waals surface area contributed by atoms with Crippen molar-refractivity contribution < 1.29 is 23.8 Å². The van der Waals surface area contributed by atoms with Crippen LogP contribution < -0.4 is 5.32 Å². The number of benzene rings is 1. The number of hydrogen-bond donors (Lipinski definition) is 2. The van der Waals surface area contributed by atoms with Crippen molar-refractivity contribution in [2.75, 3.05) is 13.2 Å². The van der Waals surface area contributed by atoms with Gasteiger partial charge in [0.05, 0.1) is 5.92 Å². The van der Waals surface area contributed by atoms with Crippen molar-refractivity contribution in [2.24, 2.45) is 5.92 Å². The maximum Gasteiger partial charge on any atom is 0.308 e. The van der Waals surface area contributed by atoms with Crippen molar-refractivity contribution in [2.45, 2.75) is 32.3 Å². The fourth-order valence-corrected chi connectivity index (χ4v) is 3.11. The zero-order valence-corrected chi connectivity index (χ0v) is 14.6. The Labute approximate surface area is 151 Å². The normalized spacial score (nSPS) is 17.8. The molecular weight excluding hydrogens is 336 g/mol. The van der Waals surface area contributed by atoms with Crippen LogP contribution in [0, 0.1) is 12.8 Å². The molecule has 0 unspecified atom stereocenters. The molecule has 7 heteroatoms. The molecule has 0 bridgehead atoms. The van der Waals surface area contributed by atoms with Gasteiger partial charge in [-0.15, -0.1) is 0 Å². The smallest absolute Gasteiger partial charge is 0.308 e. The Morgan fingerprint density at radius 1 is 1.42 bits per heavy atom. The summed E-state index contributed by atoms with van der Waals surface area (Å²) in [5.41, 5.74) is 2.16. The van der Waals surface area contributed by atoms with Crippen molar-refractivity contribution >= 4 is 11.9 Å². The molecule has 0 aliphatic carbocycles. The van der Waals surface area contributed by atoms with E-state index in [1.807, 2.05) is 31.2 Å². The van der Waals surface area contributed by atoms with E-state index in [4.69, 9.17) is 9.15 Å². The van der Waals surface area contributed by atoms with Crippen LogP contribution in [0.4, 0.5) is 0 Å². The Morgan fingerprint density at radius 3 is 2.96 bits per heavy atom. The van der Waals surface area contributed by atoms with Crippen LogP contribution in [0.25, 0.3) is 0 Å². The largest absolute Gasteiger partial charge is 0.481 e. The second-order valence-corrected chi connectivity index (χ2v) is 6.51. The molecule has 0 radical (unpaired) electrons. The lowest BCUT2D eigenvalue weighted by Crippen LogP contribution is -2.34. The third kappa shape index (κ3) is 4.29. The maximum absolute atomic E-state index is 12.4. The number of carboxylic acid groups (broad SMARTS) is 1. The summed E-state index contributed by atoms with van der Waals surface area (Å²) in [5, 5.41) is 12.1. The molecule has 0 spiro atoms. The van der Waals surface area contributed by atoms with Crippen molar-refractivity contribution in [3.63, 3.8) is 0 Å². The molecule has 26 heavy (non-hydrogen) atoms. The molecule has 1 aliphatic heterocycles. The first kappa shape index (κ1) is 18.1. The highest BCUT2D eigenvalue weighted by Gasteiger charge is 2.28. The molecule has 1 aliphatic rings. The molecule has 2 N–H and O–H groups in total. The first-order chi connectivity index (χ1) is 12.5. The number of oxazole rings is 1. The van der Waals surface area contributed by atoms with Gasteiger partial charge in [0.25, 0.3) is 5.91 Å². The molecule has 7 nitrogen and oxygen atoms in total. The van der Waals surface area contributed by atoms with E-state index in [9.17, 15) is 14.7 Å². The van der Waals surface area contributed by atoms with Crippen molar-refractivity contribution in [1.82, 2.24) is 10.3 Å². The van der Waals surface area contributed by atoms with E-state index in [1.165, 1.54) is 6.39 Å². The number of carbonyl (C=O) groups is 2. The van der Waals surface area contributed by atoms with Crippen LogP contribution in [0.15, 0.2) is 35.1 Å². The predicted molar refractivity (Wildman–Crippen MR) is 92.8 cm³/mol. The first-order valence-electron chi connectivity index (χ1n) is 8.66. The maximum atomic E-state index is 12.4. The summed E-state index contributed by atoms with van der Waals surface area (Å²) in [4.78, 5) is 28.0. The highest BCUT2D eigenvalue weighted by molar-refractivity contribution is 5.93. The van der Waals surface area contributed by atoms with E-state index in [2.05, 4.69) is 10.3 Å². The molecule has 3 rings (SSSR count). The average Bonchev–Trinajstić information content (AvgIpc) is 3.28. The lowest BCUT2D eigenvalue weighted by atomic mass is 9.98. The minimum absolute atomic E-state index is 0.0138. The quantitative estimate of drug-likeness (QED) is 0.788. The highest BCUT2D eigenvalue weighted by atomic mass is 16.5. The summed E-state index contributed by atoms with van der Waals surface area (Å²) in [5.74, 6) is -1.71. The lowest BCUT2D eigenvalue weighted by molar-refractivity contribution is -0.141. The van der Waals surface area contributed by atoms with Gasteiger partial charge in [0.1, 0.15) is 6.10 Å². The van der Waals surface area contributed by atoms with Gasteiger partial charge in [-0.1, -0.05) is 29.8 Å². The summed E-state index contributed by atoms with van der Waals surface area (Å²) < 4.78 is 10.9. The van der Waals surface area contributed by atoms with Gasteiger partial charge in [0.2, 0.25) is 0 Å². The Balaban J connectivity index is 1.63. The average molecular weight is 358 g/mol. The van der Waals surface area contributed by atoms with Crippen LogP contribution in [0.2, 0.25) is 0 Å². The number of aromatic nitrogens is 1. The molecule has 1 fully saturated rings. The lowest BCUT2D eigenvalue weighted by Gasteiger charge is -2.14. The monoisotopic (exact) mass is 358 g/mol.